The van der Waals surface area contributed by atoms with Gasteiger partial charge in [0.05, 0.1) is 64.3 Å². The number of nitriles is 1. The Balaban J connectivity index is 1.29. The Bertz CT molecular complexity index is 1880. The van der Waals surface area contributed by atoms with Crippen molar-refractivity contribution in [2.45, 2.75) is 45.7 Å². The molecule has 0 aliphatic carbocycles. The highest BCUT2D eigenvalue weighted by Gasteiger charge is 2.22. The van der Waals surface area contributed by atoms with Gasteiger partial charge in [0, 0.05) is 55.2 Å². The smallest absolute Gasteiger partial charge is 0.248 e. The third-order valence-corrected chi connectivity index (χ3v) is 9.19. The van der Waals surface area contributed by atoms with E-state index in [4.69, 9.17) is 26.1 Å². The molecule has 6 rings (SSSR count). The molecule has 4 aromatic rings. The lowest BCUT2D eigenvalue weighted by Crippen LogP contribution is -2.32. The highest BCUT2D eigenvalue weighted by Crippen LogP contribution is 2.39. The van der Waals surface area contributed by atoms with Crippen LogP contribution in [0.4, 0.5) is 22.7 Å². The summed E-state index contributed by atoms with van der Waals surface area (Å²) in [5, 5.41) is 18.0. The number of carbonyl (C=O) groups is 1. The van der Waals surface area contributed by atoms with Gasteiger partial charge in [-0.1, -0.05) is 30.7 Å². The molecule has 1 fully saturated rings. The molecule has 2 N–H and O–H groups in total. The number of aryl methyl sites for hydroxylation is 1. The molecule has 1 atom stereocenters. The van der Waals surface area contributed by atoms with Crippen LogP contribution in [0.3, 0.4) is 0 Å². The van der Waals surface area contributed by atoms with E-state index in [0.717, 1.165) is 43.1 Å². The van der Waals surface area contributed by atoms with Gasteiger partial charge >= 0.3 is 0 Å². The molecule has 48 heavy (non-hydrogen) atoms. The zero-order chi connectivity index (χ0) is 33.6. The van der Waals surface area contributed by atoms with Crippen molar-refractivity contribution >= 4 is 51.2 Å². The SMILES string of the molecule is CCOc1cc2nc(CC)c(C#N)c(Nc3ccc(N4CCc5cccnc5C4)c(Cl)c3)c2cc1NC(=O)/C=C/CN(C)[C@@H]1CCOC1. The van der Waals surface area contributed by atoms with Gasteiger partial charge in [-0.25, -0.2) is 0 Å². The third-order valence-electron chi connectivity index (χ3n) is 8.89. The zero-order valence-electron chi connectivity index (χ0n) is 27.6. The van der Waals surface area contributed by atoms with Crippen LogP contribution < -0.4 is 20.3 Å². The number of likely N-dealkylation sites (N-methyl/N-ethyl adjacent to an activating group) is 1. The predicted octanol–water partition coefficient (Wildman–Crippen LogP) is 6.64. The Morgan fingerprint density at radius 3 is 2.90 bits per heavy atom. The Morgan fingerprint density at radius 1 is 1.27 bits per heavy atom. The van der Waals surface area contributed by atoms with E-state index >= 15 is 0 Å². The number of hydrogen-bond acceptors (Lipinski definition) is 9. The van der Waals surface area contributed by atoms with E-state index in [1.807, 2.05) is 69.6 Å². The van der Waals surface area contributed by atoms with Crippen LogP contribution in [0.1, 0.15) is 42.8 Å². The number of ether oxygens (including phenoxy) is 2. The second kappa shape index (κ2) is 15.0. The molecule has 1 saturated heterocycles. The van der Waals surface area contributed by atoms with Gasteiger partial charge in [0.25, 0.3) is 0 Å². The summed E-state index contributed by atoms with van der Waals surface area (Å²) in [5.41, 5.74) is 6.80. The fraction of sp³-hybridized carbons (Fsp3) is 0.351. The monoisotopic (exact) mass is 665 g/mol. The van der Waals surface area contributed by atoms with Crippen LogP contribution >= 0.6 is 11.6 Å². The lowest BCUT2D eigenvalue weighted by molar-refractivity contribution is -0.111. The Labute approximate surface area is 286 Å². The van der Waals surface area contributed by atoms with Gasteiger partial charge in [0.15, 0.2) is 0 Å². The van der Waals surface area contributed by atoms with Gasteiger partial charge in [-0.05, 0) is 69.1 Å². The van der Waals surface area contributed by atoms with E-state index in [9.17, 15) is 10.1 Å². The summed E-state index contributed by atoms with van der Waals surface area (Å²) in [6, 6.07) is 16.3. The first kappa shape index (κ1) is 33.2. The number of nitrogens with one attached hydrogen (secondary N) is 2. The first-order valence-electron chi connectivity index (χ1n) is 16.4. The van der Waals surface area contributed by atoms with Crippen molar-refractivity contribution in [1.82, 2.24) is 14.9 Å². The summed E-state index contributed by atoms with van der Waals surface area (Å²) in [6.07, 6.45) is 7.65. The molecule has 248 valence electrons. The predicted molar refractivity (Wildman–Crippen MR) is 190 cm³/mol. The van der Waals surface area contributed by atoms with E-state index in [0.29, 0.717) is 83.1 Å². The largest absolute Gasteiger partial charge is 0.492 e. The number of aromatic nitrogens is 2. The number of benzene rings is 2. The number of halogens is 1. The van der Waals surface area contributed by atoms with Gasteiger partial charge in [-0.3, -0.25) is 19.7 Å². The number of nitrogens with zero attached hydrogens (tertiary/aromatic N) is 5. The summed E-state index contributed by atoms with van der Waals surface area (Å²) in [6.45, 7) is 7.91. The fourth-order valence-corrected chi connectivity index (χ4v) is 6.59. The van der Waals surface area contributed by atoms with Gasteiger partial charge in [0.1, 0.15) is 11.8 Å². The van der Waals surface area contributed by atoms with E-state index in [-0.39, 0.29) is 5.91 Å². The van der Waals surface area contributed by atoms with Crippen molar-refractivity contribution in [2.75, 3.05) is 55.5 Å². The molecule has 0 radical (unpaired) electrons. The number of pyridine rings is 2. The van der Waals surface area contributed by atoms with E-state index in [1.165, 1.54) is 11.6 Å². The minimum Gasteiger partial charge on any atom is -0.492 e. The minimum absolute atomic E-state index is 0.280. The van der Waals surface area contributed by atoms with Crippen LogP contribution in [0.15, 0.2) is 60.8 Å². The molecule has 11 heteroatoms. The van der Waals surface area contributed by atoms with Crippen LogP contribution in [0, 0.1) is 11.3 Å². The number of carbonyl (C=O) groups excluding carboxylic acids is 1. The number of rotatable bonds is 11. The van der Waals surface area contributed by atoms with Crippen LogP contribution in [0.5, 0.6) is 5.75 Å². The van der Waals surface area contributed by atoms with Crippen molar-refractivity contribution in [3.8, 4) is 11.8 Å². The normalized spacial score (nSPS) is 15.9. The standard InChI is InChI=1S/C37H40ClN7O3/c1-4-30-28(21-39)37(41-25-10-11-34(29(38)18-25)45-16-12-24-8-6-14-40-33(24)22-45)27-19-32(35(48-5-2)20-31(27)42-30)43-36(46)9-7-15-44(3)26-13-17-47-23-26/h6-11,14,18-20,26H,4-5,12-13,15-17,22-23H2,1-3H3,(H,41,42)(H,43,46)/b9-7+/t26-/m1/s1. The maximum absolute atomic E-state index is 13.1. The number of anilines is 4. The fourth-order valence-electron chi connectivity index (χ4n) is 6.29. The molecule has 2 aromatic carbocycles. The molecular formula is C37H40ClN7O3. The summed E-state index contributed by atoms with van der Waals surface area (Å²) in [5.74, 6) is 0.222. The van der Waals surface area contributed by atoms with Gasteiger partial charge in [-0.15, -0.1) is 0 Å². The van der Waals surface area contributed by atoms with Crippen LogP contribution in [0.2, 0.25) is 5.02 Å². The zero-order valence-corrected chi connectivity index (χ0v) is 28.3. The molecule has 0 saturated carbocycles. The van der Waals surface area contributed by atoms with Gasteiger partial charge in [0.2, 0.25) is 5.91 Å². The van der Waals surface area contributed by atoms with Crippen LogP contribution in [0.25, 0.3) is 10.9 Å². The van der Waals surface area contributed by atoms with E-state index < -0.39 is 0 Å². The van der Waals surface area contributed by atoms with E-state index in [2.05, 4.69) is 37.6 Å². The van der Waals surface area contributed by atoms with Crippen molar-refractivity contribution < 1.29 is 14.3 Å². The summed E-state index contributed by atoms with van der Waals surface area (Å²) in [7, 11) is 2.03. The molecular weight excluding hydrogens is 626 g/mol. The Kier molecular flexibility index (Phi) is 10.4. The Morgan fingerprint density at radius 2 is 2.15 bits per heavy atom. The molecule has 0 spiro atoms. The summed E-state index contributed by atoms with van der Waals surface area (Å²) >= 11 is 6.88. The average Bonchev–Trinajstić information content (AvgIpc) is 3.64. The number of hydrogen-bond donors (Lipinski definition) is 2. The molecule has 2 aliphatic rings. The summed E-state index contributed by atoms with van der Waals surface area (Å²) in [4.78, 5) is 26.9. The molecule has 4 heterocycles. The highest BCUT2D eigenvalue weighted by atomic mass is 35.5. The average molecular weight is 666 g/mol. The quantitative estimate of drug-likeness (QED) is 0.170. The topological polar surface area (TPSA) is 116 Å². The van der Waals surface area contributed by atoms with Crippen molar-refractivity contribution in [1.29, 1.82) is 5.26 Å². The lowest BCUT2D eigenvalue weighted by Gasteiger charge is -2.30. The summed E-state index contributed by atoms with van der Waals surface area (Å²) < 4.78 is 11.4. The molecule has 0 unspecified atom stereocenters. The van der Waals surface area contributed by atoms with Crippen LogP contribution in [-0.4, -0.2) is 66.8 Å². The molecule has 2 aromatic heterocycles. The molecule has 10 nitrogen and oxygen atoms in total. The maximum Gasteiger partial charge on any atom is 0.248 e. The third kappa shape index (κ3) is 7.24. The molecule has 1 amide bonds. The lowest BCUT2D eigenvalue weighted by atomic mass is 10.0. The number of amides is 1. The molecule has 0 bridgehead atoms. The second-order valence-electron chi connectivity index (χ2n) is 12.0. The van der Waals surface area contributed by atoms with Gasteiger partial charge < -0.3 is 25.0 Å². The van der Waals surface area contributed by atoms with E-state index in [1.54, 1.807) is 0 Å². The van der Waals surface area contributed by atoms with Gasteiger partial charge in [-0.2, -0.15) is 5.26 Å². The first-order chi connectivity index (χ1) is 23.4. The number of fused-ring (bicyclic) bond motifs is 2. The Hall–Kier alpha value is -4.69. The second-order valence-corrected chi connectivity index (χ2v) is 12.4. The maximum atomic E-state index is 13.1. The first-order valence-corrected chi connectivity index (χ1v) is 16.8. The highest BCUT2D eigenvalue weighted by molar-refractivity contribution is 6.33. The minimum atomic E-state index is -0.280. The molecule has 2 aliphatic heterocycles. The van der Waals surface area contributed by atoms with Crippen molar-refractivity contribution in [3.05, 3.63) is 88.4 Å². The van der Waals surface area contributed by atoms with Crippen molar-refractivity contribution in [3.63, 3.8) is 0 Å². The van der Waals surface area contributed by atoms with Crippen molar-refractivity contribution in [2.24, 2.45) is 0 Å². The van der Waals surface area contributed by atoms with Crippen LogP contribution in [-0.2, 0) is 28.9 Å².